The zero-order chi connectivity index (χ0) is 10.3. The van der Waals surface area contributed by atoms with Gasteiger partial charge in [-0.2, -0.15) is 0 Å². The number of allylic oxidation sites excluding steroid dienone is 1. The lowest BCUT2D eigenvalue weighted by molar-refractivity contribution is 0.754. The monoisotopic (exact) mass is 186 g/mol. The zero-order valence-electron chi connectivity index (χ0n) is 9.52. The van der Waals surface area contributed by atoms with Crippen molar-refractivity contribution in [3.05, 3.63) is 40.0 Å². The summed E-state index contributed by atoms with van der Waals surface area (Å²) in [6.07, 6.45) is 3.55. The summed E-state index contributed by atoms with van der Waals surface area (Å²) in [6.45, 7) is 8.98. The molecule has 0 unspecified atom stereocenters. The second-order valence-corrected chi connectivity index (χ2v) is 4.63. The third-order valence-corrected chi connectivity index (χ3v) is 3.34. The molecule has 0 heteroatoms. The van der Waals surface area contributed by atoms with Crippen LogP contribution in [0.4, 0.5) is 0 Å². The van der Waals surface area contributed by atoms with Crippen LogP contribution in [0.5, 0.6) is 0 Å². The van der Waals surface area contributed by atoms with Gasteiger partial charge < -0.3 is 0 Å². The molecule has 0 amide bonds. The third-order valence-electron chi connectivity index (χ3n) is 3.34. The fourth-order valence-electron chi connectivity index (χ4n) is 2.08. The van der Waals surface area contributed by atoms with Gasteiger partial charge in [-0.15, -0.1) is 0 Å². The Balaban J connectivity index is 2.49. The van der Waals surface area contributed by atoms with Crippen LogP contribution >= 0.6 is 0 Å². The summed E-state index contributed by atoms with van der Waals surface area (Å²) in [5.41, 5.74) is 7.43. The highest BCUT2D eigenvalue weighted by Gasteiger charge is 2.16. The molecular weight excluding hydrogens is 168 g/mol. The van der Waals surface area contributed by atoms with Gasteiger partial charge in [0.2, 0.25) is 0 Å². The molecule has 0 saturated heterocycles. The first-order chi connectivity index (χ1) is 6.59. The van der Waals surface area contributed by atoms with E-state index in [4.69, 9.17) is 0 Å². The average Bonchev–Trinajstić information content (AvgIpc) is 2.56. The van der Waals surface area contributed by atoms with Crippen molar-refractivity contribution in [1.82, 2.24) is 0 Å². The van der Waals surface area contributed by atoms with Crippen molar-refractivity contribution in [2.75, 3.05) is 0 Å². The van der Waals surface area contributed by atoms with Crippen LogP contribution < -0.4 is 0 Å². The quantitative estimate of drug-likeness (QED) is 0.624. The van der Waals surface area contributed by atoms with Crippen molar-refractivity contribution in [2.24, 2.45) is 5.92 Å². The molecule has 1 aromatic rings. The molecule has 1 aliphatic carbocycles. The van der Waals surface area contributed by atoms with Crippen LogP contribution in [0.1, 0.15) is 36.1 Å². The Morgan fingerprint density at radius 2 is 1.86 bits per heavy atom. The molecule has 0 nitrogen and oxygen atoms in total. The largest absolute Gasteiger partial charge is 0.0626 e. The SMILES string of the molecule is Cc1ccc2c(c1C)C=C(C(C)C)C2. The van der Waals surface area contributed by atoms with Crippen molar-refractivity contribution >= 4 is 6.08 Å². The van der Waals surface area contributed by atoms with Crippen molar-refractivity contribution < 1.29 is 0 Å². The summed E-state index contributed by atoms with van der Waals surface area (Å²) in [7, 11) is 0. The van der Waals surface area contributed by atoms with Crippen LogP contribution in [0.25, 0.3) is 6.08 Å². The van der Waals surface area contributed by atoms with Crippen LogP contribution in [0, 0.1) is 19.8 Å². The second kappa shape index (κ2) is 3.27. The Bertz CT molecular complexity index is 395. The van der Waals surface area contributed by atoms with Crippen LogP contribution in [0.3, 0.4) is 0 Å². The third kappa shape index (κ3) is 1.39. The van der Waals surface area contributed by atoms with E-state index in [1.807, 2.05) is 0 Å². The topological polar surface area (TPSA) is 0 Å². The van der Waals surface area contributed by atoms with Crippen molar-refractivity contribution in [1.29, 1.82) is 0 Å². The Hall–Kier alpha value is -1.04. The molecule has 0 bridgehead atoms. The predicted octanol–water partition coefficient (Wildman–Crippen LogP) is 3.90. The number of hydrogen-bond acceptors (Lipinski definition) is 0. The van der Waals surface area contributed by atoms with Gasteiger partial charge in [-0.3, -0.25) is 0 Å². The molecule has 2 rings (SSSR count). The van der Waals surface area contributed by atoms with Gasteiger partial charge in [0, 0.05) is 0 Å². The van der Waals surface area contributed by atoms with Gasteiger partial charge in [0.25, 0.3) is 0 Å². The molecular formula is C14H18. The van der Waals surface area contributed by atoms with Gasteiger partial charge >= 0.3 is 0 Å². The van der Waals surface area contributed by atoms with E-state index in [-0.39, 0.29) is 0 Å². The highest BCUT2D eigenvalue weighted by molar-refractivity contribution is 5.68. The molecule has 0 aliphatic heterocycles. The molecule has 0 N–H and O–H groups in total. The Kier molecular flexibility index (Phi) is 2.22. The van der Waals surface area contributed by atoms with Gasteiger partial charge in [0.15, 0.2) is 0 Å². The number of rotatable bonds is 1. The van der Waals surface area contributed by atoms with E-state index >= 15 is 0 Å². The van der Waals surface area contributed by atoms with Gasteiger partial charge in [-0.1, -0.05) is 37.6 Å². The summed E-state index contributed by atoms with van der Waals surface area (Å²) in [5.74, 6) is 0.683. The molecule has 1 aromatic carbocycles. The van der Waals surface area contributed by atoms with Crippen LogP contribution in [0.2, 0.25) is 0 Å². The lowest BCUT2D eigenvalue weighted by Gasteiger charge is -2.06. The fourth-order valence-corrected chi connectivity index (χ4v) is 2.08. The smallest absolute Gasteiger partial charge is 0.00552 e. The van der Waals surface area contributed by atoms with Crippen LogP contribution in [-0.2, 0) is 6.42 Å². The summed E-state index contributed by atoms with van der Waals surface area (Å²) >= 11 is 0. The molecule has 0 radical (unpaired) electrons. The molecule has 0 fully saturated rings. The van der Waals surface area contributed by atoms with E-state index in [1.54, 1.807) is 5.57 Å². The van der Waals surface area contributed by atoms with E-state index in [9.17, 15) is 0 Å². The maximum atomic E-state index is 2.39. The number of aryl methyl sites for hydroxylation is 1. The Morgan fingerprint density at radius 3 is 2.50 bits per heavy atom. The first-order valence-electron chi connectivity index (χ1n) is 5.39. The molecule has 0 atom stereocenters. The van der Waals surface area contributed by atoms with E-state index in [0.29, 0.717) is 5.92 Å². The average molecular weight is 186 g/mol. The summed E-state index contributed by atoms with van der Waals surface area (Å²) in [4.78, 5) is 0. The van der Waals surface area contributed by atoms with E-state index in [2.05, 4.69) is 45.9 Å². The minimum Gasteiger partial charge on any atom is -0.0626 e. The van der Waals surface area contributed by atoms with Crippen LogP contribution in [0.15, 0.2) is 17.7 Å². The molecule has 0 spiro atoms. The van der Waals surface area contributed by atoms with Gasteiger partial charge in [0.05, 0.1) is 0 Å². The lowest BCUT2D eigenvalue weighted by atomic mass is 9.99. The van der Waals surface area contributed by atoms with Crippen molar-refractivity contribution in [3.63, 3.8) is 0 Å². The summed E-state index contributed by atoms with van der Waals surface area (Å²) in [5, 5.41) is 0. The van der Waals surface area contributed by atoms with Crippen molar-refractivity contribution in [2.45, 2.75) is 34.1 Å². The molecule has 74 valence electrons. The van der Waals surface area contributed by atoms with E-state index in [0.717, 1.165) is 6.42 Å². The van der Waals surface area contributed by atoms with Gasteiger partial charge in [-0.25, -0.2) is 0 Å². The molecule has 0 aromatic heterocycles. The molecule has 0 saturated carbocycles. The van der Waals surface area contributed by atoms with Crippen molar-refractivity contribution in [3.8, 4) is 0 Å². The number of hydrogen-bond donors (Lipinski definition) is 0. The normalized spacial score (nSPS) is 14.5. The Morgan fingerprint density at radius 1 is 1.14 bits per heavy atom. The molecule has 0 heterocycles. The first kappa shape index (κ1) is 9.51. The van der Waals surface area contributed by atoms with Gasteiger partial charge in [0.1, 0.15) is 0 Å². The standard InChI is InChI=1S/C14H18/c1-9(2)13-7-12-6-5-10(3)11(4)14(12)8-13/h5-6,8-9H,7H2,1-4H3. The van der Waals surface area contributed by atoms with Gasteiger partial charge in [-0.05, 0) is 48.4 Å². The summed E-state index contributed by atoms with van der Waals surface area (Å²) in [6, 6.07) is 4.52. The number of benzene rings is 1. The number of fused-ring (bicyclic) bond motifs is 1. The van der Waals surface area contributed by atoms with E-state index < -0.39 is 0 Å². The lowest BCUT2D eigenvalue weighted by Crippen LogP contribution is -1.93. The van der Waals surface area contributed by atoms with Crippen LogP contribution in [-0.4, -0.2) is 0 Å². The first-order valence-corrected chi connectivity index (χ1v) is 5.39. The summed E-state index contributed by atoms with van der Waals surface area (Å²) < 4.78 is 0. The highest BCUT2D eigenvalue weighted by Crippen LogP contribution is 2.32. The fraction of sp³-hybridized carbons (Fsp3) is 0.429. The minimum absolute atomic E-state index is 0.683. The molecule has 1 aliphatic rings. The predicted molar refractivity (Wildman–Crippen MR) is 62.4 cm³/mol. The second-order valence-electron chi connectivity index (χ2n) is 4.63. The highest BCUT2D eigenvalue weighted by atomic mass is 14.2. The maximum absolute atomic E-state index is 2.39. The molecule has 14 heavy (non-hydrogen) atoms. The Labute approximate surface area is 86.7 Å². The van der Waals surface area contributed by atoms with E-state index in [1.165, 1.54) is 22.3 Å². The maximum Gasteiger partial charge on any atom is -0.00552 e. The zero-order valence-corrected chi connectivity index (χ0v) is 9.52. The minimum atomic E-state index is 0.683.